The molecule has 2 aliphatic rings. The van der Waals surface area contributed by atoms with Crippen LogP contribution in [-0.2, 0) is 9.53 Å². The molecule has 160 valence electrons. The van der Waals surface area contributed by atoms with Crippen molar-refractivity contribution in [2.75, 3.05) is 32.8 Å². The molecule has 2 aromatic rings. The topological polar surface area (TPSA) is 41.6 Å². The van der Waals surface area contributed by atoms with E-state index in [2.05, 4.69) is 10.2 Å². The molecule has 1 aromatic carbocycles. The van der Waals surface area contributed by atoms with Crippen LogP contribution in [0, 0.1) is 5.82 Å². The second kappa shape index (κ2) is 9.86. The van der Waals surface area contributed by atoms with Crippen molar-refractivity contribution in [2.24, 2.45) is 0 Å². The number of hydrogen-bond donors (Lipinski definition) is 1. The molecule has 0 bridgehead atoms. The minimum atomic E-state index is -0.230. The fraction of sp³-hybridized carbons (Fsp3) is 0.458. The van der Waals surface area contributed by atoms with Gasteiger partial charge in [0.1, 0.15) is 5.82 Å². The second-order valence-electron chi connectivity index (χ2n) is 8.12. The van der Waals surface area contributed by atoms with Crippen molar-refractivity contribution < 1.29 is 13.9 Å². The van der Waals surface area contributed by atoms with Gasteiger partial charge in [-0.1, -0.05) is 24.6 Å². The van der Waals surface area contributed by atoms with Gasteiger partial charge >= 0.3 is 0 Å². The zero-order chi connectivity index (χ0) is 20.8. The molecule has 0 spiro atoms. The van der Waals surface area contributed by atoms with Gasteiger partial charge in [0, 0.05) is 46.7 Å². The van der Waals surface area contributed by atoms with Gasteiger partial charge in [0.2, 0.25) is 5.91 Å². The Labute approximate surface area is 181 Å². The van der Waals surface area contributed by atoms with Crippen LogP contribution in [0.25, 0.3) is 16.5 Å². The molecular weight excluding hydrogens is 399 g/mol. The number of halogens is 1. The third-order valence-corrected chi connectivity index (χ3v) is 7.29. The van der Waals surface area contributed by atoms with Crippen molar-refractivity contribution in [3.05, 3.63) is 53.2 Å². The van der Waals surface area contributed by atoms with E-state index in [1.165, 1.54) is 36.7 Å². The number of amides is 1. The Bertz CT molecular complexity index is 883. The van der Waals surface area contributed by atoms with Crippen LogP contribution >= 0.6 is 11.3 Å². The Morgan fingerprint density at radius 3 is 2.67 bits per heavy atom. The third-order valence-electron chi connectivity index (χ3n) is 6.21. The summed E-state index contributed by atoms with van der Waals surface area (Å²) in [5.74, 6) is -0.314. The number of likely N-dealkylation sites (tertiary alicyclic amines) is 1. The van der Waals surface area contributed by atoms with Crippen LogP contribution in [0.1, 0.15) is 37.0 Å². The molecule has 1 amide bonds. The average Bonchev–Trinajstić information content (AvgIpc) is 3.27. The largest absolute Gasteiger partial charge is 0.381 e. The number of benzene rings is 1. The molecule has 1 aromatic heterocycles. The highest BCUT2D eigenvalue weighted by molar-refractivity contribution is 7.16. The molecule has 0 unspecified atom stereocenters. The zero-order valence-corrected chi connectivity index (χ0v) is 18.1. The van der Waals surface area contributed by atoms with Crippen LogP contribution in [0.15, 0.2) is 42.5 Å². The molecule has 1 N–H and O–H groups in total. The lowest BCUT2D eigenvalue weighted by molar-refractivity contribution is -0.118. The molecule has 4 nitrogen and oxygen atoms in total. The van der Waals surface area contributed by atoms with E-state index in [-0.39, 0.29) is 17.3 Å². The molecule has 4 rings (SSSR count). The van der Waals surface area contributed by atoms with Crippen LogP contribution in [0.2, 0.25) is 0 Å². The number of piperidine rings is 1. The summed E-state index contributed by atoms with van der Waals surface area (Å²) in [6.45, 7) is 4.40. The second-order valence-corrected chi connectivity index (χ2v) is 9.23. The van der Waals surface area contributed by atoms with E-state index < -0.39 is 0 Å². The molecule has 30 heavy (non-hydrogen) atoms. The van der Waals surface area contributed by atoms with Crippen LogP contribution in [0.3, 0.4) is 0 Å². The Kier molecular flexibility index (Phi) is 6.97. The summed E-state index contributed by atoms with van der Waals surface area (Å²) >= 11 is 1.48. The van der Waals surface area contributed by atoms with E-state index in [9.17, 15) is 9.18 Å². The summed E-state index contributed by atoms with van der Waals surface area (Å²) in [5.41, 5.74) is 0.609. The van der Waals surface area contributed by atoms with E-state index in [0.717, 1.165) is 48.9 Å². The number of nitrogens with zero attached hydrogens (tertiary/aromatic N) is 1. The Morgan fingerprint density at radius 2 is 1.90 bits per heavy atom. The molecule has 3 heterocycles. The minimum absolute atomic E-state index is 0.0170. The lowest BCUT2D eigenvalue weighted by Crippen LogP contribution is -2.59. The first kappa shape index (κ1) is 21.2. The maximum atomic E-state index is 14.0. The van der Waals surface area contributed by atoms with Gasteiger partial charge < -0.3 is 10.1 Å². The number of thiophene rings is 1. The van der Waals surface area contributed by atoms with Gasteiger partial charge in [-0.15, -0.1) is 11.3 Å². The highest BCUT2D eigenvalue weighted by Crippen LogP contribution is 2.31. The van der Waals surface area contributed by atoms with Crippen molar-refractivity contribution in [3.63, 3.8) is 0 Å². The smallest absolute Gasteiger partial charge is 0.244 e. The van der Waals surface area contributed by atoms with Gasteiger partial charge in [-0.05, 0) is 63.0 Å². The highest BCUT2D eigenvalue weighted by atomic mass is 32.1. The molecule has 2 saturated heterocycles. The predicted octanol–water partition coefficient (Wildman–Crippen LogP) is 4.72. The molecular formula is C24H29FN2O2S. The first-order valence-electron chi connectivity index (χ1n) is 10.8. The Hall–Kier alpha value is -2.02. The first-order chi connectivity index (χ1) is 14.7. The van der Waals surface area contributed by atoms with Crippen molar-refractivity contribution in [2.45, 2.75) is 37.6 Å². The van der Waals surface area contributed by atoms with E-state index >= 15 is 0 Å². The maximum absolute atomic E-state index is 14.0. The van der Waals surface area contributed by atoms with Crippen molar-refractivity contribution >= 4 is 23.3 Å². The highest BCUT2D eigenvalue weighted by Gasteiger charge is 2.38. The van der Waals surface area contributed by atoms with Gasteiger partial charge in [0.15, 0.2) is 0 Å². The fourth-order valence-corrected chi connectivity index (χ4v) is 5.38. The van der Waals surface area contributed by atoms with Crippen LogP contribution in [-0.4, -0.2) is 49.2 Å². The first-order valence-corrected chi connectivity index (χ1v) is 11.6. The summed E-state index contributed by atoms with van der Waals surface area (Å²) in [6.07, 6.45) is 9.09. The van der Waals surface area contributed by atoms with Gasteiger partial charge in [-0.25, -0.2) is 4.39 Å². The standard InChI is InChI=1S/C24H29FN2O2S/c25-21-7-3-2-6-20(21)22-10-8-19(30-22)9-11-23(28)26-18-24(12-16-29-17-13-24)27-14-4-1-5-15-27/h2-3,6-11H,1,4-5,12-18H2,(H,26,28)/b11-9+. The molecule has 2 fully saturated rings. The van der Waals surface area contributed by atoms with E-state index in [1.807, 2.05) is 24.3 Å². The van der Waals surface area contributed by atoms with Gasteiger partial charge in [0.25, 0.3) is 0 Å². The van der Waals surface area contributed by atoms with Crippen molar-refractivity contribution in [3.8, 4) is 10.4 Å². The maximum Gasteiger partial charge on any atom is 0.244 e. The van der Waals surface area contributed by atoms with E-state index in [4.69, 9.17) is 4.74 Å². The van der Waals surface area contributed by atoms with E-state index in [0.29, 0.717) is 12.1 Å². The summed E-state index contributed by atoms with van der Waals surface area (Å²) < 4.78 is 19.6. The summed E-state index contributed by atoms with van der Waals surface area (Å²) in [5, 5.41) is 3.13. The Balaban J connectivity index is 1.37. The number of ether oxygens (including phenoxy) is 1. The lowest BCUT2D eigenvalue weighted by Gasteiger charge is -2.48. The summed E-state index contributed by atoms with van der Waals surface area (Å²) in [6, 6.07) is 10.6. The number of rotatable bonds is 6. The zero-order valence-electron chi connectivity index (χ0n) is 17.2. The monoisotopic (exact) mass is 428 g/mol. The van der Waals surface area contributed by atoms with Crippen LogP contribution < -0.4 is 5.32 Å². The Morgan fingerprint density at radius 1 is 1.13 bits per heavy atom. The summed E-state index contributed by atoms with van der Waals surface area (Å²) in [7, 11) is 0. The quantitative estimate of drug-likeness (QED) is 0.677. The molecule has 0 saturated carbocycles. The molecule has 0 aliphatic carbocycles. The number of nitrogens with one attached hydrogen (secondary N) is 1. The number of carbonyl (C=O) groups is 1. The fourth-order valence-electron chi connectivity index (χ4n) is 4.44. The average molecular weight is 429 g/mol. The lowest BCUT2D eigenvalue weighted by atomic mass is 9.86. The molecule has 2 aliphatic heterocycles. The predicted molar refractivity (Wildman–Crippen MR) is 120 cm³/mol. The van der Waals surface area contributed by atoms with Gasteiger partial charge in [0.05, 0.1) is 0 Å². The van der Waals surface area contributed by atoms with Crippen molar-refractivity contribution in [1.82, 2.24) is 10.2 Å². The number of carbonyl (C=O) groups excluding carboxylic acids is 1. The minimum Gasteiger partial charge on any atom is -0.381 e. The van der Waals surface area contributed by atoms with Crippen molar-refractivity contribution in [1.29, 1.82) is 0 Å². The molecule has 6 heteroatoms. The third kappa shape index (κ3) is 4.99. The van der Waals surface area contributed by atoms with Gasteiger partial charge in [-0.3, -0.25) is 9.69 Å². The normalized spacial score (nSPS) is 19.8. The van der Waals surface area contributed by atoms with Gasteiger partial charge in [-0.2, -0.15) is 0 Å². The van der Waals surface area contributed by atoms with Crippen LogP contribution in [0.5, 0.6) is 0 Å². The number of hydrogen-bond acceptors (Lipinski definition) is 4. The van der Waals surface area contributed by atoms with Crippen LogP contribution in [0.4, 0.5) is 4.39 Å². The summed E-state index contributed by atoms with van der Waals surface area (Å²) in [4.78, 5) is 16.9. The molecule has 0 radical (unpaired) electrons. The SMILES string of the molecule is O=C(/C=C/c1ccc(-c2ccccc2F)s1)NCC1(N2CCCCC2)CCOCC1. The van der Waals surface area contributed by atoms with E-state index in [1.54, 1.807) is 18.2 Å². The molecule has 0 atom stereocenters.